The summed E-state index contributed by atoms with van der Waals surface area (Å²) in [6, 6.07) is 13.0. The summed E-state index contributed by atoms with van der Waals surface area (Å²) in [4.78, 5) is 17.9. The Hall–Kier alpha value is -3.39. The van der Waals surface area contributed by atoms with E-state index in [0.717, 1.165) is 35.0 Å². The van der Waals surface area contributed by atoms with Crippen molar-refractivity contribution in [3.8, 4) is 5.69 Å². The first kappa shape index (κ1) is 21.5. The highest BCUT2D eigenvalue weighted by Gasteiger charge is 2.21. The van der Waals surface area contributed by atoms with E-state index in [1.165, 1.54) is 35.0 Å². The molecule has 168 valence electrons. The number of amides is 1. The van der Waals surface area contributed by atoms with Crippen molar-refractivity contribution in [1.29, 1.82) is 0 Å². The number of aromatic nitrogens is 4. The highest BCUT2D eigenvalue weighted by Crippen LogP contribution is 2.30. The summed E-state index contributed by atoms with van der Waals surface area (Å²) in [5, 5.41) is 10.0. The highest BCUT2D eigenvalue weighted by atomic mass is 32.2. The Kier molecular flexibility index (Phi) is 6.00. The lowest BCUT2D eigenvalue weighted by atomic mass is 9.99. The molecule has 6 nitrogen and oxygen atoms in total. The molecule has 3 heterocycles. The number of benzene rings is 2. The third-order valence-corrected chi connectivity index (χ3v) is 6.95. The minimum absolute atomic E-state index is 0.0784. The fourth-order valence-corrected chi connectivity index (χ4v) is 5.08. The van der Waals surface area contributed by atoms with E-state index in [-0.39, 0.29) is 11.7 Å². The predicted molar refractivity (Wildman–Crippen MR) is 129 cm³/mol. The lowest BCUT2D eigenvalue weighted by molar-refractivity contribution is -0.127. The zero-order valence-corrected chi connectivity index (χ0v) is 19.1. The molecule has 0 radical (unpaired) electrons. The molecule has 2 aromatic heterocycles. The molecule has 0 atom stereocenters. The summed E-state index contributed by atoms with van der Waals surface area (Å²) in [5.74, 6) is 0.133. The van der Waals surface area contributed by atoms with Gasteiger partial charge in [0.25, 0.3) is 0 Å². The van der Waals surface area contributed by atoms with Crippen molar-refractivity contribution in [3.05, 3.63) is 78.0 Å². The molecule has 0 saturated heterocycles. The predicted octanol–water partition coefficient (Wildman–Crippen LogP) is 4.86. The molecule has 1 aliphatic rings. The zero-order valence-electron chi connectivity index (χ0n) is 18.3. The second kappa shape index (κ2) is 9.23. The first-order chi connectivity index (χ1) is 16.1. The maximum Gasteiger partial charge on any atom is 0.233 e. The Labute approximate surface area is 195 Å². The van der Waals surface area contributed by atoms with Crippen LogP contribution in [0.5, 0.6) is 0 Å². The fourth-order valence-electron chi connectivity index (χ4n) is 4.25. The van der Waals surface area contributed by atoms with Crippen LogP contribution in [-0.4, -0.2) is 49.4 Å². The molecule has 0 unspecified atom stereocenters. The Morgan fingerprint density at radius 2 is 2.12 bits per heavy atom. The summed E-state index contributed by atoms with van der Waals surface area (Å²) in [7, 11) is 0. The fraction of sp³-hybridized carbons (Fsp3) is 0.240. The van der Waals surface area contributed by atoms with Crippen molar-refractivity contribution in [1.82, 2.24) is 24.6 Å². The molecule has 2 aromatic carbocycles. The van der Waals surface area contributed by atoms with Crippen LogP contribution in [0.1, 0.15) is 24.5 Å². The van der Waals surface area contributed by atoms with Crippen LogP contribution in [-0.2, 0) is 11.2 Å². The van der Waals surface area contributed by atoms with Gasteiger partial charge in [0, 0.05) is 35.8 Å². The van der Waals surface area contributed by atoms with E-state index >= 15 is 0 Å². The Bertz CT molecular complexity index is 1340. The topological polar surface area (TPSA) is 66.8 Å². The van der Waals surface area contributed by atoms with Crippen LogP contribution in [0.25, 0.3) is 22.2 Å². The second-order valence-electron chi connectivity index (χ2n) is 7.97. The van der Waals surface area contributed by atoms with Gasteiger partial charge in [0.1, 0.15) is 12.1 Å². The van der Waals surface area contributed by atoms with Crippen LogP contribution in [0, 0.1) is 5.82 Å². The van der Waals surface area contributed by atoms with E-state index in [1.807, 2.05) is 33.9 Å². The monoisotopic (exact) mass is 461 g/mol. The van der Waals surface area contributed by atoms with E-state index in [2.05, 4.69) is 34.2 Å². The summed E-state index contributed by atoms with van der Waals surface area (Å²) in [6.45, 7) is 3.34. The number of fused-ring (bicyclic) bond motifs is 1. The first-order valence-electron chi connectivity index (χ1n) is 11.0. The van der Waals surface area contributed by atoms with Crippen LogP contribution in [0.2, 0.25) is 0 Å². The van der Waals surface area contributed by atoms with Gasteiger partial charge in [-0.15, -0.1) is 10.2 Å². The number of thioether (sulfide) groups is 1. The van der Waals surface area contributed by atoms with Gasteiger partial charge < -0.3 is 9.88 Å². The molecular weight excluding hydrogens is 437 g/mol. The zero-order chi connectivity index (χ0) is 22.8. The normalized spacial score (nSPS) is 14.0. The second-order valence-corrected chi connectivity index (χ2v) is 8.91. The Balaban J connectivity index is 1.24. The molecule has 33 heavy (non-hydrogen) atoms. The standard InChI is InChI=1S/C25H24FN5OS/c1-2-17-5-3-4-6-23(17)31-16-28-29-25(31)33-15-24(32)30-11-9-18(10-12-30)21-14-27-22-13-19(26)7-8-20(21)22/h3-9,13-14,16,27H,2,10-12,15H2,1H3. The number of hydrogen-bond acceptors (Lipinski definition) is 4. The maximum absolute atomic E-state index is 13.5. The smallest absolute Gasteiger partial charge is 0.233 e. The number of aromatic amines is 1. The molecule has 0 aliphatic carbocycles. The molecule has 0 saturated carbocycles. The van der Waals surface area contributed by atoms with Gasteiger partial charge in [0.2, 0.25) is 5.91 Å². The Morgan fingerprint density at radius 3 is 2.94 bits per heavy atom. The number of H-pyrrole nitrogens is 1. The van der Waals surface area contributed by atoms with Gasteiger partial charge in [-0.2, -0.15) is 0 Å². The van der Waals surface area contributed by atoms with Gasteiger partial charge in [-0.25, -0.2) is 4.39 Å². The largest absolute Gasteiger partial charge is 0.360 e. The minimum Gasteiger partial charge on any atom is -0.360 e. The summed E-state index contributed by atoms with van der Waals surface area (Å²) in [6.07, 6.45) is 7.39. The lowest BCUT2D eigenvalue weighted by Gasteiger charge is -2.26. The summed E-state index contributed by atoms with van der Waals surface area (Å²) < 4.78 is 15.4. The van der Waals surface area contributed by atoms with Crippen molar-refractivity contribution >= 4 is 34.1 Å². The molecule has 0 spiro atoms. The van der Waals surface area contributed by atoms with Crippen molar-refractivity contribution < 1.29 is 9.18 Å². The average Bonchev–Trinajstić information content (AvgIpc) is 3.49. The SMILES string of the molecule is CCc1ccccc1-n1cnnc1SCC(=O)N1CC=C(c2c[nH]c3cc(F)ccc23)CC1. The molecule has 1 amide bonds. The molecule has 1 aliphatic heterocycles. The van der Waals surface area contributed by atoms with E-state index in [9.17, 15) is 9.18 Å². The van der Waals surface area contributed by atoms with Crippen LogP contribution >= 0.6 is 11.8 Å². The van der Waals surface area contributed by atoms with Gasteiger partial charge in [-0.05, 0) is 48.2 Å². The third-order valence-electron chi connectivity index (χ3n) is 6.02. The number of carbonyl (C=O) groups is 1. The van der Waals surface area contributed by atoms with Crippen molar-refractivity contribution in [2.24, 2.45) is 0 Å². The molecule has 1 N–H and O–H groups in total. The van der Waals surface area contributed by atoms with Gasteiger partial charge in [-0.3, -0.25) is 9.36 Å². The van der Waals surface area contributed by atoms with Crippen LogP contribution in [0.15, 0.2) is 66.2 Å². The average molecular weight is 462 g/mol. The molecule has 0 fully saturated rings. The highest BCUT2D eigenvalue weighted by molar-refractivity contribution is 7.99. The van der Waals surface area contributed by atoms with Gasteiger partial charge in [0.15, 0.2) is 5.16 Å². The van der Waals surface area contributed by atoms with Crippen molar-refractivity contribution in [2.75, 3.05) is 18.8 Å². The number of nitrogens with one attached hydrogen (secondary N) is 1. The summed E-state index contributed by atoms with van der Waals surface area (Å²) in [5.41, 5.74) is 5.30. The molecular formula is C25H24FN5OS. The quantitative estimate of drug-likeness (QED) is 0.417. The number of nitrogens with zero attached hydrogens (tertiary/aromatic N) is 4. The number of hydrogen-bond donors (Lipinski definition) is 1. The molecule has 4 aromatic rings. The van der Waals surface area contributed by atoms with E-state index in [4.69, 9.17) is 0 Å². The van der Waals surface area contributed by atoms with E-state index < -0.39 is 0 Å². The van der Waals surface area contributed by atoms with E-state index in [1.54, 1.807) is 12.4 Å². The number of para-hydroxylation sites is 1. The van der Waals surface area contributed by atoms with Gasteiger partial charge in [-0.1, -0.05) is 43.0 Å². The van der Waals surface area contributed by atoms with Crippen molar-refractivity contribution in [3.63, 3.8) is 0 Å². The minimum atomic E-state index is -0.253. The van der Waals surface area contributed by atoms with Crippen LogP contribution in [0.4, 0.5) is 4.39 Å². The Morgan fingerprint density at radius 1 is 1.24 bits per heavy atom. The van der Waals surface area contributed by atoms with Gasteiger partial charge >= 0.3 is 0 Å². The number of halogens is 1. The third kappa shape index (κ3) is 4.30. The molecule has 0 bridgehead atoms. The summed E-state index contributed by atoms with van der Waals surface area (Å²) >= 11 is 1.41. The molecule has 8 heteroatoms. The number of carbonyl (C=O) groups excluding carboxylic acids is 1. The maximum atomic E-state index is 13.5. The van der Waals surface area contributed by atoms with Crippen LogP contribution in [0.3, 0.4) is 0 Å². The number of aryl methyl sites for hydroxylation is 1. The first-order valence-corrected chi connectivity index (χ1v) is 12.0. The number of rotatable bonds is 6. The molecule has 5 rings (SSSR count). The van der Waals surface area contributed by atoms with Gasteiger partial charge in [0.05, 0.1) is 11.4 Å². The lowest BCUT2D eigenvalue weighted by Crippen LogP contribution is -2.35. The van der Waals surface area contributed by atoms with Crippen molar-refractivity contribution in [2.45, 2.75) is 24.9 Å². The van der Waals surface area contributed by atoms with Crippen LogP contribution < -0.4 is 0 Å². The van der Waals surface area contributed by atoms with E-state index in [0.29, 0.717) is 24.0 Å².